The van der Waals surface area contributed by atoms with Crippen LogP contribution in [-0.2, 0) is 11.3 Å². The summed E-state index contributed by atoms with van der Waals surface area (Å²) >= 11 is 1.44. The largest absolute Gasteiger partial charge is 0.491 e. The van der Waals surface area contributed by atoms with Crippen LogP contribution >= 0.6 is 11.3 Å². The third kappa shape index (κ3) is 5.50. The average Bonchev–Trinajstić information content (AvgIpc) is 3.48. The van der Waals surface area contributed by atoms with Crippen LogP contribution in [0.25, 0.3) is 20.9 Å². The molecule has 0 unspecified atom stereocenters. The Morgan fingerprint density at radius 2 is 1.94 bits per heavy atom. The fourth-order valence-electron chi connectivity index (χ4n) is 3.83. The smallest absolute Gasteiger partial charge is 0.459 e. The first-order chi connectivity index (χ1) is 17.2. The summed E-state index contributed by atoms with van der Waals surface area (Å²) < 4.78 is 48.8. The van der Waals surface area contributed by atoms with Gasteiger partial charge in [0, 0.05) is 37.9 Å². The maximum atomic E-state index is 12.5. The lowest BCUT2D eigenvalue weighted by molar-refractivity contribution is -0.189. The van der Waals surface area contributed by atoms with Crippen LogP contribution in [0.4, 0.5) is 24.7 Å². The topological polar surface area (TPSA) is 83.7 Å². The summed E-state index contributed by atoms with van der Waals surface area (Å²) in [5.41, 5.74) is 1.11. The molecule has 4 heterocycles. The summed E-state index contributed by atoms with van der Waals surface area (Å²) in [7, 11) is 2.12. The van der Waals surface area contributed by atoms with E-state index in [1.54, 1.807) is 6.07 Å². The van der Waals surface area contributed by atoms with Crippen LogP contribution in [0.15, 0.2) is 53.2 Å². The molecule has 1 fully saturated rings. The van der Waals surface area contributed by atoms with Crippen molar-refractivity contribution in [2.45, 2.75) is 12.7 Å². The van der Waals surface area contributed by atoms with Crippen molar-refractivity contribution in [3.63, 3.8) is 0 Å². The monoisotopic (exact) mass is 517 g/mol. The normalized spacial score (nSPS) is 15.3. The number of carbonyl (C=O) groups is 1. The molecular weight excluding hydrogens is 495 g/mol. The molecule has 1 N–H and O–H groups in total. The van der Waals surface area contributed by atoms with E-state index in [1.165, 1.54) is 35.9 Å². The van der Waals surface area contributed by atoms with Gasteiger partial charge in [0.15, 0.2) is 5.82 Å². The molecule has 0 amide bonds. The van der Waals surface area contributed by atoms with Crippen LogP contribution in [0.5, 0.6) is 5.75 Å². The molecule has 0 saturated carbocycles. The number of hydrogen-bond donors (Lipinski definition) is 1. The highest BCUT2D eigenvalue weighted by Gasteiger charge is 2.41. The second-order valence-corrected chi connectivity index (χ2v) is 9.48. The molecule has 12 heteroatoms. The van der Waals surface area contributed by atoms with E-state index in [9.17, 15) is 18.0 Å². The summed E-state index contributed by atoms with van der Waals surface area (Å²) in [4.78, 5) is 25.3. The van der Waals surface area contributed by atoms with Gasteiger partial charge in [-0.1, -0.05) is 6.07 Å². The molecule has 5 rings (SSSR count). The summed E-state index contributed by atoms with van der Waals surface area (Å²) in [6, 6.07) is 11.5. The number of nitrogens with one attached hydrogen (secondary N) is 1. The minimum atomic E-state index is -5.08. The minimum Gasteiger partial charge on any atom is -0.459 e. The number of esters is 1. The Morgan fingerprint density at radius 3 is 2.72 bits per heavy atom. The van der Waals surface area contributed by atoms with Crippen LogP contribution in [0.3, 0.4) is 0 Å². The molecular formula is C24H22F3N5O3S. The van der Waals surface area contributed by atoms with Crippen LogP contribution in [0.1, 0.15) is 5.76 Å². The van der Waals surface area contributed by atoms with Crippen molar-refractivity contribution < 1.29 is 27.1 Å². The van der Waals surface area contributed by atoms with Crippen molar-refractivity contribution >= 4 is 39.0 Å². The standard InChI is InChI=1S/C24H22F3N5O3S/c1-31-7-9-32(10-8-31)13-17-5-6-19(34-17)20-12-18-21(36-20)22(29-14-28-18)30-15-3-2-4-16(11-15)35-23(33)24(25,26)27/h2-6,11-12,14H,7-10,13H2,1H3,(H,28,29,30). The summed E-state index contributed by atoms with van der Waals surface area (Å²) in [6.07, 6.45) is -3.68. The third-order valence-electron chi connectivity index (χ3n) is 5.73. The van der Waals surface area contributed by atoms with Gasteiger partial charge in [0.2, 0.25) is 0 Å². The maximum absolute atomic E-state index is 12.5. The highest BCUT2D eigenvalue weighted by atomic mass is 32.1. The predicted octanol–water partition coefficient (Wildman–Crippen LogP) is 4.91. The van der Waals surface area contributed by atoms with Gasteiger partial charge in [0.25, 0.3) is 0 Å². The molecule has 1 aliphatic heterocycles. The Bertz CT molecular complexity index is 1380. The molecule has 8 nitrogen and oxygen atoms in total. The number of aromatic nitrogens is 2. The number of rotatable bonds is 6. The summed E-state index contributed by atoms with van der Waals surface area (Å²) in [5, 5.41) is 3.07. The third-order valence-corrected chi connectivity index (χ3v) is 6.88. The van der Waals surface area contributed by atoms with Crippen molar-refractivity contribution in [2.24, 2.45) is 0 Å². The average molecular weight is 518 g/mol. The van der Waals surface area contributed by atoms with Crippen LogP contribution in [0.2, 0.25) is 0 Å². The van der Waals surface area contributed by atoms with Crippen molar-refractivity contribution in [2.75, 3.05) is 38.5 Å². The molecule has 0 bridgehead atoms. The van der Waals surface area contributed by atoms with Gasteiger partial charge in [-0.15, -0.1) is 11.3 Å². The molecule has 1 saturated heterocycles. The fourth-order valence-corrected chi connectivity index (χ4v) is 4.84. The molecule has 188 valence electrons. The van der Waals surface area contributed by atoms with E-state index in [-0.39, 0.29) is 5.75 Å². The first kappa shape index (κ1) is 24.2. The minimum absolute atomic E-state index is 0.233. The number of hydrogen-bond acceptors (Lipinski definition) is 9. The lowest BCUT2D eigenvalue weighted by Crippen LogP contribution is -2.43. The lowest BCUT2D eigenvalue weighted by Gasteiger charge is -2.31. The molecule has 1 aliphatic rings. The number of piperazine rings is 1. The Kier molecular flexibility index (Phi) is 6.65. The zero-order valence-electron chi connectivity index (χ0n) is 19.2. The zero-order chi connectivity index (χ0) is 25.3. The highest BCUT2D eigenvalue weighted by Crippen LogP contribution is 2.37. The second kappa shape index (κ2) is 9.88. The first-order valence-electron chi connectivity index (χ1n) is 11.2. The number of ether oxygens (including phenoxy) is 1. The fraction of sp³-hybridized carbons (Fsp3) is 0.292. The van der Waals surface area contributed by atoms with E-state index < -0.39 is 12.1 Å². The molecule has 36 heavy (non-hydrogen) atoms. The van der Waals surface area contributed by atoms with Crippen molar-refractivity contribution in [3.8, 4) is 16.4 Å². The lowest BCUT2D eigenvalue weighted by atomic mass is 10.3. The van der Waals surface area contributed by atoms with Crippen LogP contribution in [0, 0.1) is 0 Å². The molecule has 1 aromatic carbocycles. The van der Waals surface area contributed by atoms with Crippen molar-refractivity contribution in [3.05, 3.63) is 54.6 Å². The van der Waals surface area contributed by atoms with E-state index >= 15 is 0 Å². The SMILES string of the molecule is CN1CCN(Cc2ccc(-c3cc4ncnc(Nc5cccc(OC(=O)C(F)(F)F)c5)c4s3)o2)CC1. The Hall–Kier alpha value is -3.48. The number of fused-ring (bicyclic) bond motifs is 1. The van der Waals surface area contributed by atoms with Gasteiger partial charge in [0.1, 0.15) is 23.6 Å². The first-order valence-corrected chi connectivity index (χ1v) is 12.0. The quantitative estimate of drug-likeness (QED) is 0.285. The van der Waals surface area contributed by atoms with Crippen LogP contribution < -0.4 is 10.1 Å². The van der Waals surface area contributed by atoms with Gasteiger partial charge in [-0.3, -0.25) is 4.90 Å². The maximum Gasteiger partial charge on any atom is 0.491 e. The van der Waals surface area contributed by atoms with Crippen LogP contribution in [-0.4, -0.2) is 65.1 Å². The molecule has 0 spiro atoms. The van der Waals surface area contributed by atoms with E-state index in [1.807, 2.05) is 18.2 Å². The number of halogens is 3. The number of nitrogens with zero attached hydrogens (tertiary/aromatic N) is 4. The Balaban J connectivity index is 1.33. The number of thiophene rings is 1. The van der Waals surface area contributed by atoms with Gasteiger partial charge in [-0.2, -0.15) is 13.2 Å². The van der Waals surface area contributed by atoms with E-state index in [4.69, 9.17) is 4.42 Å². The second-order valence-electron chi connectivity index (χ2n) is 8.43. The molecule has 4 aromatic rings. The zero-order valence-corrected chi connectivity index (χ0v) is 20.0. The number of carbonyl (C=O) groups excluding carboxylic acids is 1. The Morgan fingerprint density at radius 1 is 1.14 bits per heavy atom. The van der Waals surface area contributed by atoms with Gasteiger partial charge in [-0.05, 0) is 37.4 Å². The molecule has 3 aromatic heterocycles. The van der Waals surface area contributed by atoms with Crippen molar-refractivity contribution in [1.82, 2.24) is 19.8 Å². The van der Waals surface area contributed by atoms with E-state index in [0.717, 1.165) is 53.8 Å². The van der Waals surface area contributed by atoms with Gasteiger partial charge in [-0.25, -0.2) is 14.8 Å². The van der Waals surface area contributed by atoms with Gasteiger partial charge >= 0.3 is 12.1 Å². The summed E-state index contributed by atoms with van der Waals surface area (Å²) in [6.45, 7) is 4.81. The summed E-state index contributed by atoms with van der Waals surface area (Å²) in [5.74, 6) is -0.420. The number of anilines is 2. The van der Waals surface area contributed by atoms with Gasteiger partial charge < -0.3 is 19.4 Å². The predicted molar refractivity (Wildman–Crippen MR) is 129 cm³/mol. The molecule has 0 aliphatic carbocycles. The molecule has 0 atom stereocenters. The van der Waals surface area contributed by atoms with Gasteiger partial charge in [0.05, 0.1) is 21.6 Å². The molecule has 0 radical (unpaired) electrons. The van der Waals surface area contributed by atoms with E-state index in [0.29, 0.717) is 17.0 Å². The van der Waals surface area contributed by atoms with E-state index in [2.05, 4.69) is 36.9 Å². The highest BCUT2D eigenvalue weighted by molar-refractivity contribution is 7.22. The number of likely N-dealkylation sites (N-methyl/N-ethyl adjacent to an activating group) is 1. The number of alkyl halides is 3. The number of furan rings is 1. The van der Waals surface area contributed by atoms with Crippen molar-refractivity contribution in [1.29, 1.82) is 0 Å². The number of benzene rings is 1. The Labute approximate surface area is 208 Å².